The molecule has 0 radical (unpaired) electrons. The van der Waals surface area contributed by atoms with Gasteiger partial charge >= 0.3 is 5.97 Å². The summed E-state index contributed by atoms with van der Waals surface area (Å²) in [5.74, 6) is -1.14. The molecule has 1 aromatic rings. The zero-order valence-electron chi connectivity index (χ0n) is 10.7. The summed E-state index contributed by atoms with van der Waals surface area (Å²) in [5.41, 5.74) is 6.14. The first kappa shape index (κ1) is 14.9. The van der Waals surface area contributed by atoms with Crippen molar-refractivity contribution in [2.24, 2.45) is 5.73 Å². The van der Waals surface area contributed by atoms with Crippen LogP contribution in [0, 0.1) is 5.82 Å². The van der Waals surface area contributed by atoms with Crippen LogP contribution >= 0.6 is 11.6 Å². The molecule has 2 N–H and O–H groups in total. The van der Waals surface area contributed by atoms with Crippen LogP contribution in [-0.2, 0) is 9.53 Å². The lowest BCUT2D eigenvalue weighted by molar-refractivity contribution is -0.141. The van der Waals surface area contributed by atoms with Gasteiger partial charge in [0.25, 0.3) is 0 Å². The summed E-state index contributed by atoms with van der Waals surface area (Å²) in [6.45, 7) is 3.61. The number of ether oxygens (including phenoxy) is 1. The monoisotopic (exact) mass is 273 g/mol. The Labute approximate surface area is 111 Å². The van der Waals surface area contributed by atoms with Crippen LogP contribution in [-0.4, -0.2) is 18.6 Å². The predicted molar refractivity (Wildman–Crippen MR) is 69.1 cm³/mol. The highest BCUT2D eigenvalue weighted by molar-refractivity contribution is 6.30. The van der Waals surface area contributed by atoms with Gasteiger partial charge in [0.2, 0.25) is 0 Å². The molecule has 1 rings (SSSR count). The number of hydrogen-bond acceptors (Lipinski definition) is 3. The maximum absolute atomic E-state index is 13.1. The second-order valence-electron chi connectivity index (χ2n) is 4.83. The Morgan fingerprint density at radius 2 is 2.17 bits per heavy atom. The van der Waals surface area contributed by atoms with E-state index >= 15 is 0 Å². The zero-order chi connectivity index (χ0) is 13.9. The molecule has 0 aliphatic carbocycles. The van der Waals surface area contributed by atoms with E-state index in [1.807, 2.05) is 0 Å². The molecule has 0 amide bonds. The van der Waals surface area contributed by atoms with E-state index in [1.165, 1.54) is 19.2 Å². The van der Waals surface area contributed by atoms with Crippen LogP contribution in [0.5, 0.6) is 0 Å². The summed E-state index contributed by atoms with van der Waals surface area (Å²) in [4.78, 5) is 11.4. The van der Waals surface area contributed by atoms with Gasteiger partial charge in [-0.05, 0) is 31.5 Å². The molecule has 1 atom stereocenters. The summed E-state index contributed by atoms with van der Waals surface area (Å²) < 4.78 is 17.8. The number of nitrogens with two attached hydrogens (primary N) is 1. The molecular formula is C13H17ClFNO2. The molecule has 0 aliphatic rings. The third-order valence-electron chi connectivity index (χ3n) is 2.84. The second-order valence-corrected chi connectivity index (χ2v) is 5.23. The van der Waals surface area contributed by atoms with Crippen LogP contribution in [0.15, 0.2) is 18.2 Å². The first-order valence-corrected chi connectivity index (χ1v) is 5.94. The van der Waals surface area contributed by atoms with Crippen molar-refractivity contribution in [3.8, 4) is 0 Å². The van der Waals surface area contributed by atoms with E-state index in [0.717, 1.165) is 5.56 Å². The molecule has 0 saturated heterocycles. The van der Waals surface area contributed by atoms with Gasteiger partial charge in [0, 0.05) is 11.5 Å². The second kappa shape index (κ2) is 5.67. The first-order valence-electron chi connectivity index (χ1n) is 5.56. The minimum Gasteiger partial charge on any atom is -0.469 e. The number of methoxy groups -OCH3 is 1. The standard InChI is InChI=1S/C13H17ClFNO2/c1-13(2,16)9(7-12(17)18-3)8-4-5-11(15)10(14)6-8/h4-6,9H,7,16H2,1-3H3. The minimum absolute atomic E-state index is 0.0200. The van der Waals surface area contributed by atoms with Crippen molar-refractivity contribution >= 4 is 17.6 Å². The van der Waals surface area contributed by atoms with Gasteiger partial charge in [-0.3, -0.25) is 4.79 Å². The number of rotatable bonds is 4. The largest absolute Gasteiger partial charge is 0.469 e. The third kappa shape index (κ3) is 3.68. The number of benzene rings is 1. The zero-order valence-corrected chi connectivity index (χ0v) is 11.4. The van der Waals surface area contributed by atoms with Gasteiger partial charge in [0.15, 0.2) is 0 Å². The molecular weight excluding hydrogens is 257 g/mol. The molecule has 0 spiro atoms. The van der Waals surface area contributed by atoms with Crippen molar-refractivity contribution in [3.05, 3.63) is 34.6 Å². The molecule has 5 heteroatoms. The molecule has 1 unspecified atom stereocenters. The average Bonchev–Trinajstić information content (AvgIpc) is 2.28. The van der Waals surface area contributed by atoms with Crippen LogP contribution in [0.2, 0.25) is 5.02 Å². The molecule has 0 saturated carbocycles. The number of esters is 1. The van der Waals surface area contributed by atoms with E-state index in [2.05, 4.69) is 4.74 Å². The third-order valence-corrected chi connectivity index (χ3v) is 3.13. The van der Waals surface area contributed by atoms with E-state index in [4.69, 9.17) is 17.3 Å². The Morgan fingerprint density at radius 3 is 2.61 bits per heavy atom. The molecule has 3 nitrogen and oxygen atoms in total. The van der Waals surface area contributed by atoms with Gasteiger partial charge in [0.05, 0.1) is 18.6 Å². The molecule has 1 aromatic carbocycles. The molecule has 100 valence electrons. The van der Waals surface area contributed by atoms with Gasteiger partial charge in [-0.1, -0.05) is 17.7 Å². The van der Waals surface area contributed by atoms with Crippen LogP contribution < -0.4 is 5.73 Å². The van der Waals surface area contributed by atoms with E-state index in [9.17, 15) is 9.18 Å². The summed E-state index contributed by atoms with van der Waals surface area (Å²) >= 11 is 5.75. The Hall–Kier alpha value is -1.13. The van der Waals surface area contributed by atoms with Crippen LogP contribution in [0.4, 0.5) is 4.39 Å². The molecule has 0 bridgehead atoms. The van der Waals surface area contributed by atoms with Crippen molar-refractivity contribution in [3.63, 3.8) is 0 Å². The Morgan fingerprint density at radius 1 is 1.56 bits per heavy atom. The highest BCUT2D eigenvalue weighted by Crippen LogP contribution is 2.32. The average molecular weight is 274 g/mol. The molecule has 18 heavy (non-hydrogen) atoms. The van der Waals surface area contributed by atoms with Gasteiger partial charge in [0.1, 0.15) is 5.82 Å². The minimum atomic E-state index is -0.644. The van der Waals surface area contributed by atoms with E-state index in [-0.39, 0.29) is 23.3 Å². The van der Waals surface area contributed by atoms with Crippen molar-refractivity contribution in [1.82, 2.24) is 0 Å². The highest BCUT2D eigenvalue weighted by atomic mass is 35.5. The number of carbonyl (C=O) groups is 1. The van der Waals surface area contributed by atoms with Crippen LogP contribution in [0.1, 0.15) is 31.7 Å². The summed E-state index contributed by atoms with van der Waals surface area (Å²) in [7, 11) is 1.32. The van der Waals surface area contributed by atoms with Gasteiger partial charge in [-0.15, -0.1) is 0 Å². The molecule has 0 aromatic heterocycles. The van der Waals surface area contributed by atoms with Crippen molar-refractivity contribution in [2.45, 2.75) is 31.7 Å². The summed E-state index contributed by atoms with van der Waals surface area (Å²) in [5, 5.41) is 0.0200. The fourth-order valence-corrected chi connectivity index (χ4v) is 1.98. The summed E-state index contributed by atoms with van der Waals surface area (Å²) in [6, 6.07) is 4.36. The normalized spacial score (nSPS) is 13.2. The molecule has 0 heterocycles. The maximum atomic E-state index is 13.1. The van der Waals surface area contributed by atoms with Crippen molar-refractivity contribution in [1.29, 1.82) is 0 Å². The fourth-order valence-electron chi connectivity index (χ4n) is 1.79. The Bertz CT molecular complexity index is 443. The quantitative estimate of drug-likeness (QED) is 0.858. The summed E-state index contributed by atoms with van der Waals surface area (Å²) in [6.07, 6.45) is 0.127. The predicted octanol–water partition coefficient (Wildman–Crippen LogP) is 2.86. The van der Waals surface area contributed by atoms with Gasteiger partial charge in [-0.2, -0.15) is 0 Å². The maximum Gasteiger partial charge on any atom is 0.306 e. The number of carbonyl (C=O) groups excluding carboxylic acids is 1. The Kier molecular flexibility index (Phi) is 4.71. The van der Waals surface area contributed by atoms with Crippen molar-refractivity contribution < 1.29 is 13.9 Å². The van der Waals surface area contributed by atoms with E-state index in [0.29, 0.717) is 0 Å². The van der Waals surface area contributed by atoms with Gasteiger partial charge < -0.3 is 10.5 Å². The van der Waals surface area contributed by atoms with Crippen LogP contribution in [0.3, 0.4) is 0 Å². The highest BCUT2D eigenvalue weighted by Gasteiger charge is 2.29. The van der Waals surface area contributed by atoms with Gasteiger partial charge in [-0.25, -0.2) is 4.39 Å². The first-order chi connectivity index (χ1) is 8.25. The fraction of sp³-hybridized carbons (Fsp3) is 0.462. The van der Waals surface area contributed by atoms with Crippen LogP contribution in [0.25, 0.3) is 0 Å². The number of hydrogen-bond donors (Lipinski definition) is 1. The SMILES string of the molecule is COC(=O)CC(c1ccc(F)c(Cl)c1)C(C)(C)N. The lowest BCUT2D eigenvalue weighted by Crippen LogP contribution is -2.40. The Balaban J connectivity index is 3.10. The number of halogens is 2. The van der Waals surface area contributed by atoms with Crippen molar-refractivity contribution in [2.75, 3.05) is 7.11 Å². The lowest BCUT2D eigenvalue weighted by Gasteiger charge is -2.30. The van der Waals surface area contributed by atoms with E-state index in [1.54, 1.807) is 19.9 Å². The van der Waals surface area contributed by atoms with E-state index < -0.39 is 11.4 Å². The molecule has 0 fully saturated rings. The smallest absolute Gasteiger partial charge is 0.306 e. The molecule has 0 aliphatic heterocycles. The topological polar surface area (TPSA) is 52.3 Å². The lowest BCUT2D eigenvalue weighted by atomic mass is 9.80.